The molecule has 0 aromatic carbocycles. The van der Waals surface area contributed by atoms with Crippen LogP contribution in [0, 0.1) is 5.92 Å². The zero-order valence-corrected chi connectivity index (χ0v) is 13.4. The van der Waals surface area contributed by atoms with E-state index >= 15 is 0 Å². The Labute approximate surface area is 129 Å². The number of hydrogen-bond acceptors (Lipinski definition) is 5. The number of anilines is 1. The molecule has 1 aromatic heterocycles. The Morgan fingerprint density at radius 2 is 2.14 bits per heavy atom. The van der Waals surface area contributed by atoms with Crippen molar-refractivity contribution in [2.24, 2.45) is 5.92 Å². The maximum atomic E-state index is 12.0. The number of carbonyl (C=O) groups excluding carboxylic acids is 1. The molecule has 0 aliphatic carbocycles. The fourth-order valence-electron chi connectivity index (χ4n) is 2.13. The first kappa shape index (κ1) is 15.8. The molecular weight excluding hydrogens is 292 g/mol. The van der Waals surface area contributed by atoms with Gasteiger partial charge in [0.1, 0.15) is 5.60 Å². The minimum absolute atomic E-state index is 0.243. The Morgan fingerprint density at radius 1 is 1.48 bits per heavy atom. The van der Waals surface area contributed by atoms with E-state index in [-0.39, 0.29) is 6.09 Å². The highest BCUT2D eigenvalue weighted by Crippen LogP contribution is 2.19. The van der Waals surface area contributed by atoms with Gasteiger partial charge in [0.05, 0.1) is 17.4 Å². The van der Waals surface area contributed by atoms with Crippen molar-refractivity contribution >= 4 is 23.6 Å². The van der Waals surface area contributed by atoms with Crippen molar-refractivity contribution in [3.8, 4) is 0 Å². The van der Waals surface area contributed by atoms with E-state index in [0.29, 0.717) is 23.4 Å². The van der Waals surface area contributed by atoms with Crippen LogP contribution in [0.15, 0.2) is 12.4 Å². The quantitative estimate of drug-likeness (QED) is 0.929. The lowest BCUT2D eigenvalue weighted by Crippen LogP contribution is -2.35. The van der Waals surface area contributed by atoms with Crippen LogP contribution in [0.4, 0.5) is 10.7 Å². The molecule has 0 bridgehead atoms. The fourth-order valence-corrected chi connectivity index (χ4v) is 2.23. The van der Waals surface area contributed by atoms with Crippen molar-refractivity contribution in [3.63, 3.8) is 0 Å². The third-order valence-electron chi connectivity index (χ3n) is 3.11. The topological polar surface area (TPSA) is 67.3 Å². The summed E-state index contributed by atoms with van der Waals surface area (Å²) in [7, 11) is 0. The SMILES string of the molecule is CC(C)(C)OC(=O)N1CC[C@H](CNc2ncc(Cl)cn2)C1. The van der Waals surface area contributed by atoms with Crippen LogP contribution < -0.4 is 5.32 Å². The monoisotopic (exact) mass is 312 g/mol. The normalized spacial score (nSPS) is 18.7. The minimum atomic E-state index is -0.454. The largest absolute Gasteiger partial charge is 0.444 e. The molecule has 7 heteroatoms. The predicted octanol–water partition coefficient (Wildman–Crippen LogP) is 2.80. The number of aromatic nitrogens is 2. The number of amides is 1. The molecule has 1 N–H and O–H groups in total. The highest BCUT2D eigenvalue weighted by atomic mass is 35.5. The number of carbonyl (C=O) groups is 1. The number of rotatable bonds is 3. The van der Waals surface area contributed by atoms with Crippen LogP contribution in [0.2, 0.25) is 5.02 Å². The Morgan fingerprint density at radius 3 is 2.76 bits per heavy atom. The molecule has 1 saturated heterocycles. The number of ether oxygens (including phenoxy) is 1. The average Bonchev–Trinajstić information content (AvgIpc) is 2.85. The fraction of sp³-hybridized carbons (Fsp3) is 0.643. The van der Waals surface area contributed by atoms with E-state index in [1.807, 2.05) is 20.8 Å². The van der Waals surface area contributed by atoms with E-state index in [2.05, 4.69) is 15.3 Å². The van der Waals surface area contributed by atoms with Crippen molar-refractivity contribution < 1.29 is 9.53 Å². The molecule has 1 aliphatic rings. The zero-order valence-electron chi connectivity index (χ0n) is 12.6. The van der Waals surface area contributed by atoms with Crippen molar-refractivity contribution in [1.29, 1.82) is 0 Å². The number of nitrogens with zero attached hydrogens (tertiary/aromatic N) is 3. The number of hydrogen-bond donors (Lipinski definition) is 1. The van der Waals surface area contributed by atoms with Gasteiger partial charge in [-0.15, -0.1) is 0 Å². The molecule has 0 saturated carbocycles. The van der Waals surface area contributed by atoms with Gasteiger partial charge in [-0.05, 0) is 33.1 Å². The van der Waals surface area contributed by atoms with Crippen molar-refractivity contribution in [2.75, 3.05) is 25.0 Å². The van der Waals surface area contributed by atoms with Crippen LogP contribution in [0.5, 0.6) is 0 Å². The Kier molecular flexibility index (Phi) is 4.88. The Bertz CT molecular complexity index is 487. The van der Waals surface area contributed by atoms with E-state index in [0.717, 1.165) is 19.5 Å². The molecular formula is C14H21ClN4O2. The molecule has 0 radical (unpaired) electrons. The summed E-state index contributed by atoms with van der Waals surface area (Å²) < 4.78 is 5.37. The van der Waals surface area contributed by atoms with Crippen LogP contribution in [-0.4, -0.2) is 46.2 Å². The molecule has 2 rings (SSSR count). The Hall–Kier alpha value is -1.56. The van der Waals surface area contributed by atoms with E-state index in [1.54, 1.807) is 17.3 Å². The third-order valence-corrected chi connectivity index (χ3v) is 3.30. The van der Waals surface area contributed by atoms with E-state index in [9.17, 15) is 4.79 Å². The molecule has 1 atom stereocenters. The average molecular weight is 313 g/mol. The van der Waals surface area contributed by atoms with E-state index < -0.39 is 5.60 Å². The molecule has 116 valence electrons. The third kappa shape index (κ3) is 5.04. The summed E-state index contributed by atoms with van der Waals surface area (Å²) >= 11 is 5.73. The summed E-state index contributed by atoms with van der Waals surface area (Å²) in [4.78, 5) is 21.9. The van der Waals surface area contributed by atoms with Gasteiger partial charge in [-0.2, -0.15) is 0 Å². The molecule has 2 heterocycles. The van der Waals surface area contributed by atoms with Gasteiger partial charge in [0.25, 0.3) is 0 Å². The summed E-state index contributed by atoms with van der Waals surface area (Å²) in [6, 6.07) is 0. The summed E-state index contributed by atoms with van der Waals surface area (Å²) in [5, 5.41) is 3.67. The van der Waals surface area contributed by atoms with Crippen LogP contribution in [0.3, 0.4) is 0 Å². The van der Waals surface area contributed by atoms with Gasteiger partial charge in [0.2, 0.25) is 5.95 Å². The van der Waals surface area contributed by atoms with Crippen molar-refractivity contribution in [2.45, 2.75) is 32.8 Å². The van der Waals surface area contributed by atoms with Crippen LogP contribution in [0.25, 0.3) is 0 Å². The summed E-state index contributed by atoms with van der Waals surface area (Å²) in [6.45, 7) is 7.76. The predicted molar refractivity (Wildman–Crippen MR) is 81.4 cm³/mol. The van der Waals surface area contributed by atoms with Crippen LogP contribution in [0.1, 0.15) is 27.2 Å². The van der Waals surface area contributed by atoms with Gasteiger partial charge in [0.15, 0.2) is 0 Å². The highest BCUT2D eigenvalue weighted by Gasteiger charge is 2.29. The van der Waals surface area contributed by atoms with Gasteiger partial charge in [0, 0.05) is 19.6 Å². The van der Waals surface area contributed by atoms with Crippen molar-refractivity contribution in [3.05, 3.63) is 17.4 Å². The second-order valence-electron chi connectivity index (χ2n) is 6.19. The molecule has 0 unspecified atom stereocenters. The van der Waals surface area contributed by atoms with Gasteiger partial charge < -0.3 is 15.0 Å². The van der Waals surface area contributed by atoms with Gasteiger partial charge in [-0.1, -0.05) is 11.6 Å². The molecule has 1 aliphatic heterocycles. The summed E-state index contributed by atoms with van der Waals surface area (Å²) in [5.41, 5.74) is -0.454. The van der Waals surface area contributed by atoms with E-state index in [4.69, 9.17) is 16.3 Å². The number of nitrogens with one attached hydrogen (secondary N) is 1. The lowest BCUT2D eigenvalue weighted by atomic mass is 10.1. The van der Waals surface area contributed by atoms with Gasteiger partial charge in [-0.3, -0.25) is 0 Å². The van der Waals surface area contributed by atoms with Crippen molar-refractivity contribution in [1.82, 2.24) is 14.9 Å². The maximum Gasteiger partial charge on any atom is 0.410 e. The first-order valence-corrected chi connectivity index (χ1v) is 7.40. The molecule has 1 aromatic rings. The molecule has 1 fully saturated rings. The first-order valence-electron chi connectivity index (χ1n) is 7.03. The molecule has 1 amide bonds. The lowest BCUT2D eigenvalue weighted by molar-refractivity contribution is 0.0289. The second kappa shape index (κ2) is 6.47. The van der Waals surface area contributed by atoms with Gasteiger partial charge >= 0.3 is 6.09 Å². The highest BCUT2D eigenvalue weighted by molar-refractivity contribution is 6.30. The maximum absolute atomic E-state index is 12.0. The number of halogens is 1. The van der Waals surface area contributed by atoms with Crippen LogP contribution >= 0.6 is 11.6 Å². The molecule has 6 nitrogen and oxygen atoms in total. The molecule has 0 spiro atoms. The molecule has 21 heavy (non-hydrogen) atoms. The minimum Gasteiger partial charge on any atom is -0.444 e. The van der Waals surface area contributed by atoms with E-state index in [1.165, 1.54) is 0 Å². The Balaban J connectivity index is 1.77. The zero-order chi connectivity index (χ0) is 15.5. The summed E-state index contributed by atoms with van der Waals surface area (Å²) in [5.74, 6) is 0.923. The second-order valence-corrected chi connectivity index (χ2v) is 6.62. The number of likely N-dealkylation sites (tertiary alicyclic amines) is 1. The van der Waals surface area contributed by atoms with Crippen LogP contribution in [-0.2, 0) is 4.74 Å². The lowest BCUT2D eigenvalue weighted by Gasteiger charge is -2.24. The smallest absolute Gasteiger partial charge is 0.410 e. The first-order chi connectivity index (χ1) is 9.83. The standard InChI is InChI=1S/C14H21ClN4O2/c1-14(2,3)21-13(20)19-5-4-10(9-19)6-16-12-17-7-11(15)8-18-12/h7-8,10H,4-6,9H2,1-3H3,(H,16,17,18)/t10-/m1/s1. The summed E-state index contributed by atoms with van der Waals surface area (Å²) in [6.07, 6.45) is 3.81. The van der Waals surface area contributed by atoms with Gasteiger partial charge in [-0.25, -0.2) is 14.8 Å².